The fourth-order valence-corrected chi connectivity index (χ4v) is 2.91. The van der Waals surface area contributed by atoms with Crippen molar-refractivity contribution in [3.05, 3.63) is 63.6 Å². The Kier molecular flexibility index (Phi) is 6.82. The number of nitrogens with one attached hydrogen (secondary N) is 1. The van der Waals surface area contributed by atoms with Crippen molar-refractivity contribution in [2.45, 2.75) is 19.4 Å². The fourth-order valence-electron chi connectivity index (χ4n) is 2.12. The molecule has 6 heteroatoms. The maximum atomic E-state index is 12.1. The molecule has 0 radical (unpaired) electrons. The molecule has 0 saturated heterocycles. The van der Waals surface area contributed by atoms with Crippen LogP contribution in [0.25, 0.3) is 0 Å². The smallest absolute Gasteiger partial charge is 0.258 e. The monoisotopic (exact) mass is 409 g/mol. The molecule has 0 aromatic heterocycles. The van der Waals surface area contributed by atoms with Crippen molar-refractivity contribution in [3.63, 3.8) is 0 Å². The quantitative estimate of drug-likeness (QED) is 0.755. The summed E-state index contributed by atoms with van der Waals surface area (Å²) in [4.78, 5) is 23.8. The summed E-state index contributed by atoms with van der Waals surface area (Å²) < 4.78 is 6.12. The van der Waals surface area contributed by atoms with Crippen molar-refractivity contribution in [1.29, 1.82) is 0 Å². The lowest BCUT2D eigenvalue weighted by atomic mass is 10.0. The third-order valence-electron chi connectivity index (χ3n) is 3.36. The van der Waals surface area contributed by atoms with Gasteiger partial charge in [-0.1, -0.05) is 41.9 Å². The molecule has 0 aliphatic rings. The Morgan fingerprint density at radius 2 is 1.92 bits per heavy atom. The van der Waals surface area contributed by atoms with Crippen molar-refractivity contribution in [3.8, 4) is 5.75 Å². The molecule has 0 bridgehead atoms. The highest BCUT2D eigenvalue weighted by atomic mass is 79.9. The van der Waals surface area contributed by atoms with Crippen molar-refractivity contribution < 1.29 is 14.3 Å². The Morgan fingerprint density at radius 3 is 2.54 bits per heavy atom. The molecule has 0 spiro atoms. The molecule has 1 atom stereocenters. The summed E-state index contributed by atoms with van der Waals surface area (Å²) in [5, 5.41) is 3.28. The molecule has 24 heavy (non-hydrogen) atoms. The first-order valence-corrected chi connectivity index (χ1v) is 8.54. The Hall–Kier alpha value is -1.85. The minimum Gasteiger partial charge on any atom is -0.483 e. The zero-order chi connectivity index (χ0) is 17.5. The van der Waals surface area contributed by atoms with Crippen LogP contribution < -0.4 is 10.1 Å². The predicted octanol–water partition coefficient (Wildman–Crippen LogP) is 3.80. The average molecular weight is 411 g/mol. The predicted molar refractivity (Wildman–Crippen MR) is 97.4 cm³/mol. The summed E-state index contributed by atoms with van der Waals surface area (Å²) in [5.74, 6) is 0.0600. The van der Waals surface area contributed by atoms with Crippen LogP contribution in [0.4, 0.5) is 0 Å². The van der Waals surface area contributed by atoms with Crippen LogP contribution in [0.5, 0.6) is 5.75 Å². The Morgan fingerprint density at radius 1 is 1.21 bits per heavy atom. The second-order valence-corrected chi connectivity index (χ2v) is 6.57. The van der Waals surface area contributed by atoms with Gasteiger partial charge in [-0.15, -0.1) is 0 Å². The van der Waals surface area contributed by atoms with Gasteiger partial charge in [0.15, 0.2) is 12.4 Å². The lowest BCUT2D eigenvalue weighted by molar-refractivity contribution is -0.128. The van der Waals surface area contributed by atoms with Crippen LogP contribution in [-0.4, -0.2) is 24.3 Å². The Balaban J connectivity index is 1.92. The SMILES string of the molecule is CC(=O)[C@@H](Cc1ccccc1)NC(=O)COc1ccc(Cl)cc1Br. The van der Waals surface area contributed by atoms with Crippen LogP contribution in [0.1, 0.15) is 12.5 Å². The van der Waals surface area contributed by atoms with Gasteiger partial charge < -0.3 is 10.1 Å². The van der Waals surface area contributed by atoms with E-state index in [1.165, 1.54) is 6.92 Å². The molecule has 0 unspecified atom stereocenters. The molecule has 0 fully saturated rings. The molecular formula is C18H17BrClNO3. The summed E-state index contributed by atoms with van der Waals surface area (Å²) >= 11 is 9.18. The zero-order valence-corrected chi connectivity index (χ0v) is 15.4. The van der Waals surface area contributed by atoms with E-state index >= 15 is 0 Å². The third-order valence-corrected chi connectivity index (χ3v) is 4.22. The number of carbonyl (C=O) groups is 2. The Bertz CT molecular complexity index is 721. The number of ketones is 1. The van der Waals surface area contributed by atoms with Gasteiger partial charge in [0.05, 0.1) is 10.5 Å². The van der Waals surface area contributed by atoms with Gasteiger partial charge in [-0.05, 0) is 53.0 Å². The molecule has 0 aliphatic heterocycles. The number of ether oxygens (including phenoxy) is 1. The van der Waals surface area contributed by atoms with E-state index in [2.05, 4.69) is 21.2 Å². The highest BCUT2D eigenvalue weighted by Gasteiger charge is 2.18. The van der Waals surface area contributed by atoms with Crippen LogP contribution in [0, 0.1) is 0 Å². The van der Waals surface area contributed by atoms with Gasteiger partial charge >= 0.3 is 0 Å². The summed E-state index contributed by atoms with van der Waals surface area (Å²) in [5.41, 5.74) is 0.986. The highest BCUT2D eigenvalue weighted by Crippen LogP contribution is 2.27. The molecule has 126 valence electrons. The van der Waals surface area contributed by atoms with E-state index in [1.807, 2.05) is 30.3 Å². The molecule has 2 aromatic rings. The first kappa shape index (κ1) is 18.5. The van der Waals surface area contributed by atoms with Gasteiger partial charge in [-0.25, -0.2) is 0 Å². The van der Waals surface area contributed by atoms with Crippen LogP contribution >= 0.6 is 27.5 Å². The van der Waals surface area contributed by atoms with E-state index in [1.54, 1.807) is 18.2 Å². The number of rotatable bonds is 7. The number of hydrogen-bond acceptors (Lipinski definition) is 3. The second-order valence-electron chi connectivity index (χ2n) is 5.28. The maximum absolute atomic E-state index is 12.1. The van der Waals surface area contributed by atoms with E-state index in [9.17, 15) is 9.59 Å². The lowest BCUT2D eigenvalue weighted by Crippen LogP contribution is -2.43. The van der Waals surface area contributed by atoms with Crippen molar-refractivity contribution >= 4 is 39.2 Å². The number of carbonyl (C=O) groups excluding carboxylic acids is 2. The average Bonchev–Trinajstić information content (AvgIpc) is 2.54. The van der Waals surface area contributed by atoms with Gasteiger partial charge in [0.25, 0.3) is 5.91 Å². The largest absolute Gasteiger partial charge is 0.483 e. The fraction of sp³-hybridized carbons (Fsp3) is 0.222. The lowest BCUT2D eigenvalue weighted by Gasteiger charge is -2.16. The van der Waals surface area contributed by atoms with Crippen molar-refractivity contribution in [1.82, 2.24) is 5.32 Å². The van der Waals surface area contributed by atoms with E-state index in [4.69, 9.17) is 16.3 Å². The first-order chi connectivity index (χ1) is 11.5. The van der Waals surface area contributed by atoms with E-state index in [0.717, 1.165) is 5.56 Å². The minimum atomic E-state index is -0.572. The van der Waals surface area contributed by atoms with Gasteiger partial charge in [0.1, 0.15) is 5.75 Å². The van der Waals surface area contributed by atoms with Gasteiger partial charge in [0.2, 0.25) is 0 Å². The highest BCUT2D eigenvalue weighted by molar-refractivity contribution is 9.10. The van der Waals surface area contributed by atoms with Crippen LogP contribution in [0.15, 0.2) is 53.0 Å². The second kappa shape index (κ2) is 8.85. The summed E-state index contributed by atoms with van der Waals surface area (Å²) in [6, 6.07) is 14.0. The number of halogens is 2. The van der Waals surface area contributed by atoms with Crippen LogP contribution in [0.2, 0.25) is 5.02 Å². The number of amides is 1. The molecule has 2 rings (SSSR count). The normalized spacial score (nSPS) is 11.6. The topological polar surface area (TPSA) is 55.4 Å². The van der Waals surface area contributed by atoms with Gasteiger partial charge in [-0.2, -0.15) is 0 Å². The molecule has 4 nitrogen and oxygen atoms in total. The molecule has 0 saturated carbocycles. The number of hydrogen-bond donors (Lipinski definition) is 1. The minimum absolute atomic E-state index is 0.0973. The first-order valence-electron chi connectivity index (χ1n) is 7.37. The van der Waals surface area contributed by atoms with E-state index in [0.29, 0.717) is 21.7 Å². The Labute approximate surface area is 154 Å². The van der Waals surface area contributed by atoms with Crippen LogP contribution in [-0.2, 0) is 16.0 Å². The summed E-state index contributed by atoms with van der Waals surface area (Å²) in [7, 11) is 0. The summed E-state index contributed by atoms with van der Waals surface area (Å²) in [6.07, 6.45) is 0.451. The van der Waals surface area contributed by atoms with Crippen molar-refractivity contribution in [2.24, 2.45) is 0 Å². The third kappa shape index (κ3) is 5.65. The molecule has 1 N–H and O–H groups in total. The molecule has 0 heterocycles. The van der Waals surface area contributed by atoms with Gasteiger partial charge in [0, 0.05) is 5.02 Å². The molecular weight excluding hydrogens is 394 g/mol. The van der Waals surface area contributed by atoms with E-state index < -0.39 is 6.04 Å². The number of Topliss-reactive ketones (excluding diaryl/α,β-unsaturated/α-hetero) is 1. The number of benzene rings is 2. The summed E-state index contributed by atoms with van der Waals surface area (Å²) in [6.45, 7) is 1.28. The van der Waals surface area contributed by atoms with Crippen LogP contribution in [0.3, 0.4) is 0 Å². The van der Waals surface area contributed by atoms with Crippen molar-refractivity contribution in [2.75, 3.05) is 6.61 Å². The standard InChI is InChI=1S/C18H17BrClNO3/c1-12(22)16(9-13-5-3-2-4-6-13)21-18(23)11-24-17-8-7-14(20)10-15(17)19/h2-8,10,16H,9,11H2,1H3,(H,21,23)/t16-/m1/s1. The maximum Gasteiger partial charge on any atom is 0.258 e. The van der Waals surface area contributed by atoms with Gasteiger partial charge in [-0.3, -0.25) is 9.59 Å². The molecule has 2 aromatic carbocycles. The zero-order valence-electron chi connectivity index (χ0n) is 13.1. The molecule has 0 aliphatic carbocycles. The molecule has 1 amide bonds. The van der Waals surface area contributed by atoms with E-state index in [-0.39, 0.29) is 18.3 Å².